The standard InChI is InChI=1S/C9H3BrFNS/c10-8-5(4-12)3-7-6(9(8)11)1-2-13-7/h1-3H. The summed E-state index contributed by atoms with van der Waals surface area (Å²) in [5.41, 5.74) is 0.340. The van der Waals surface area contributed by atoms with Gasteiger partial charge in [0.2, 0.25) is 0 Å². The van der Waals surface area contributed by atoms with Crippen LogP contribution in [0.3, 0.4) is 0 Å². The molecule has 0 atom stereocenters. The van der Waals surface area contributed by atoms with Crippen LogP contribution in [0.25, 0.3) is 10.1 Å². The maximum atomic E-state index is 13.5. The molecule has 0 fully saturated rings. The number of fused-ring (bicyclic) bond motifs is 1. The fraction of sp³-hybridized carbons (Fsp3) is 0. The van der Waals surface area contributed by atoms with Gasteiger partial charge in [0.25, 0.3) is 0 Å². The molecule has 13 heavy (non-hydrogen) atoms. The van der Waals surface area contributed by atoms with Crippen LogP contribution in [0.2, 0.25) is 0 Å². The molecule has 0 unspecified atom stereocenters. The smallest absolute Gasteiger partial charge is 0.147 e. The zero-order valence-corrected chi connectivity index (χ0v) is 8.75. The Morgan fingerprint density at radius 2 is 2.31 bits per heavy atom. The summed E-state index contributed by atoms with van der Waals surface area (Å²) in [4.78, 5) is 0. The van der Waals surface area contributed by atoms with Crippen LogP contribution in [0.5, 0.6) is 0 Å². The van der Waals surface area contributed by atoms with Crippen LogP contribution in [-0.4, -0.2) is 0 Å². The van der Waals surface area contributed by atoms with Gasteiger partial charge in [-0.2, -0.15) is 5.26 Å². The number of hydrogen-bond acceptors (Lipinski definition) is 2. The minimum Gasteiger partial charge on any atom is -0.205 e. The zero-order valence-electron chi connectivity index (χ0n) is 6.34. The molecule has 2 aromatic rings. The molecule has 2 rings (SSSR count). The van der Waals surface area contributed by atoms with Crippen molar-refractivity contribution in [1.82, 2.24) is 0 Å². The van der Waals surface area contributed by atoms with E-state index in [9.17, 15) is 4.39 Å². The van der Waals surface area contributed by atoms with E-state index in [1.54, 1.807) is 17.5 Å². The van der Waals surface area contributed by atoms with Crippen LogP contribution in [0.4, 0.5) is 4.39 Å². The van der Waals surface area contributed by atoms with Gasteiger partial charge in [-0.05, 0) is 33.4 Å². The van der Waals surface area contributed by atoms with Crippen LogP contribution in [0.1, 0.15) is 5.56 Å². The second-order valence-electron chi connectivity index (χ2n) is 2.50. The number of rotatable bonds is 0. The number of halogens is 2. The van der Waals surface area contributed by atoms with E-state index >= 15 is 0 Å². The Hall–Kier alpha value is -0.920. The molecule has 64 valence electrons. The normalized spacial score (nSPS) is 10.2. The molecule has 0 saturated carbocycles. The summed E-state index contributed by atoms with van der Waals surface area (Å²) in [6.45, 7) is 0. The SMILES string of the molecule is N#Cc1cc2sccc2c(F)c1Br. The average molecular weight is 256 g/mol. The van der Waals surface area contributed by atoms with Crippen LogP contribution < -0.4 is 0 Å². The first-order valence-electron chi connectivity index (χ1n) is 3.49. The maximum absolute atomic E-state index is 13.5. The third-order valence-corrected chi connectivity index (χ3v) is 3.40. The first kappa shape index (κ1) is 8.67. The van der Waals surface area contributed by atoms with E-state index in [1.165, 1.54) is 11.3 Å². The van der Waals surface area contributed by atoms with E-state index in [4.69, 9.17) is 5.26 Å². The molecular formula is C9H3BrFNS. The number of benzene rings is 1. The Balaban J connectivity index is 2.94. The summed E-state index contributed by atoms with van der Waals surface area (Å²) < 4.78 is 14.5. The van der Waals surface area contributed by atoms with Gasteiger partial charge in [0, 0.05) is 10.1 Å². The van der Waals surface area contributed by atoms with Crippen molar-refractivity contribution in [1.29, 1.82) is 5.26 Å². The molecule has 0 bridgehead atoms. The second-order valence-corrected chi connectivity index (χ2v) is 4.24. The Morgan fingerprint density at radius 1 is 1.54 bits per heavy atom. The monoisotopic (exact) mass is 255 g/mol. The van der Waals surface area contributed by atoms with Gasteiger partial charge in [0.1, 0.15) is 11.9 Å². The molecule has 0 aliphatic rings. The van der Waals surface area contributed by atoms with E-state index in [2.05, 4.69) is 15.9 Å². The van der Waals surface area contributed by atoms with Crippen LogP contribution in [-0.2, 0) is 0 Å². The van der Waals surface area contributed by atoms with E-state index in [0.29, 0.717) is 10.9 Å². The quantitative estimate of drug-likeness (QED) is 0.705. The second kappa shape index (κ2) is 3.09. The predicted molar refractivity (Wildman–Crippen MR) is 54.2 cm³/mol. The Kier molecular flexibility index (Phi) is 2.06. The summed E-state index contributed by atoms with van der Waals surface area (Å²) in [5.74, 6) is -0.352. The molecular weight excluding hydrogens is 253 g/mol. The van der Waals surface area contributed by atoms with E-state index in [0.717, 1.165) is 4.70 Å². The molecule has 0 aliphatic carbocycles. The summed E-state index contributed by atoms with van der Waals surface area (Å²) in [7, 11) is 0. The molecule has 1 aromatic carbocycles. The predicted octanol–water partition coefficient (Wildman–Crippen LogP) is 3.67. The van der Waals surface area contributed by atoms with Crippen molar-refractivity contribution in [3.05, 3.63) is 33.4 Å². The molecule has 1 heterocycles. The van der Waals surface area contributed by atoms with Crippen LogP contribution in [0, 0.1) is 17.1 Å². The molecule has 0 spiro atoms. The average Bonchev–Trinajstić information content (AvgIpc) is 2.59. The molecule has 0 amide bonds. The van der Waals surface area contributed by atoms with Crippen molar-refractivity contribution < 1.29 is 4.39 Å². The van der Waals surface area contributed by atoms with Gasteiger partial charge in [-0.1, -0.05) is 0 Å². The van der Waals surface area contributed by atoms with Gasteiger partial charge >= 0.3 is 0 Å². The van der Waals surface area contributed by atoms with Crippen LogP contribution >= 0.6 is 27.3 Å². The lowest BCUT2D eigenvalue weighted by molar-refractivity contribution is 0.633. The maximum Gasteiger partial charge on any atom is 0.147 e. The first-order valence-corrected chi connectivity index (χ1v) is 5.16. The fourth-order valence-corrected chi connectivity index (χ4v) is 2.36. The van der Waals surface area contributed by atoms with Crippen LogP contribution in [0.15, 0.2) is 22.0 Å². The van der Waals surface area contributed by atoms with Crippen molar-refractivity contribution in [2.75, 3.05) is 0 Å². The summed E-state index contributed by atoms with van der Waals surface area (Å²) in [5, 5.41) is 11.1. The highest BCUT2D eigenvalue weighted by atomic mass is 79.9. The molecule has 4 heteroatoms. The Morgan fingerprint density at radius 3 is 3.00 bits per heavy atom. The number of nitrogens with zero attached hydrogens (tertiary/aromatic N) is 1. The van der Waals surface area contributed by atoms with Crippen molar-refractivity contribution in [2.45, 2.75) is 0 Å². The molecule has 0 radical (unpaired) electrons. The molecule has 1 aromatic heterocycles. The zero-order chi connectivity index (χ0) is 9.42. The van der Waals surface area contributed by atoms with Gasteiger partial charge in [-0.15, -0.1) is 11.3 Å². The van der Waals surface area contributed by atoms with Gasteiger partial charge in [-0.3, -0.25) is 0 Å². The number of thiophene rings is 1. The van der Waals surface area contributed by atoms with Gasteiger partial charge in [0.15, 0.2) is 0 Å². The van der Waals surface area contributed by atoms with E-state index < -0.39 is 0 Å². The fourth-order valence-electron chi connectivity index (χ4n) is 1.13. The van der Waals surface area contributed by atoms with Gasteiger partial charge in [0.05, 0.1) is 10.0 Å². The third-order valence-electron chi connectivity index (χ3n) is 1.76. The lowest BCUT2D eigenvalue weighted by Crippen LogP contribution is -1.83. The summed E-state index contributed by atoms with van der Waals surface area (Å²) >= 11 is 4.48. The van der Waals surface area contributed by atoms with E-state index in [1.807, 2.05) is 6.07 Å². The highest BCUT2D eigenvalue weighted by Gasteiger charge is 2.11. The first-order chi connectivity index (χ1) is 6.24. The Labute approximate surface area is 86.5 Å². The lowest BCUT2D eigenvalue weighted by atomic mass is 10.2. The number of hydrogen-bond donors (Lipinski definition) is 0. The molecule has 0 N–H and O–H groups in total. The van der Waals surface area contributed by atoms with Gasteiger partial charge < -0.3 is 0 Å². The molecule has 0 saturated heterocycles. The highest BCUT2D eigenvalue weighted by Crippen LogP contribution is 2.31. The Bertz CT molecular complexity index is 512. The highest BCUT2D eigenvalue weighted by molar-refractivity contribution is 9.10. The lowest BCUT2D eigenvalue weighted by Gasteiger charge is -1.98. The number of nitriles is 1. The minimum absolute atomic E-state index is 0.251. The van der Waals surface area contributed by atoms with Crippen molar-refractivity contribution >= 4 is 37.4 Å². The largest absolute Gasteiger partial charge is 0.205 e. The summed E-state index contributed by atoms with van der Waals surface area (Å²) in [6, 6.07) is 5.34. The van der Waals surface area contributed by atoms with E-state index in [-0.39, 0.29) is 10.3 Å². The topological polar surface area (TPSA) is 23.8 Å². The minimum atomic E-state index is -0.352. The molecule has 0 aliphatic heterocycles. The van der Waals surface area contributed by atoms with Gasteiger partial charge in [-0.25, -0.2) is 4.39 Å². The van der Waals surface area contributed by atoms with Crippen molar-refractivity contribution in [3.8, 4) is 6.07 Å². The third kappa shape index (κ3) is 1.25. The van der Waals surface area contributed by atoms with Crippen molar-refractivity contribution in [3.63, 3.8) is 0 Å². The molecule has 1 nitrogen and oxygen atoms in total. The van der Waals surface area contributed by atoms with Crippen molar-refractivity contribution in [2.24, 2.45) is 0 Å². The summed E-state index contributed by atoms with van der Waals surface area (Å²) in [6.07, 6.45) is 0.